The van der Waals surface area contributed by atoms with Crippen LogP contribution in [-0.4, -0.2) is 43.2 Å². The Bertz CT molecular complexity index is 817. The van der Waals surface area contributed by atoms with Crippen LogP contribution in [0.3, 0.4) is 0 Å². The fourth-order valence-electron chi connectivity index (χ4n) is 4.18. The zero-order valence-corrected chi connectivity index (χ0v) is 17.4. The van der Waals surface area contributed by atoms with Gasteiger partial charge < -0.3 is 5.32 Å². The topological polar surface area (TPSA) is 110 Å². The van der Waals surface area contributed by atoms with Crippen LogP contribution < -0.4 is 5.32 Å². The third-order valence-corrected chi connectivity index (χ3v) is 7.85. The van der Waals surface area contributed by atoms with Gasteiger partial charge in [-0.3, -0.25) is 14.9 Å². The average molecular weight is 424 g/mol. The maximum atomic E-state index is 12.8. The van der Waals surface area contributed by atoms with E-state index in [1.165, 1.54) is 47.8 Å². The summed E-state index contributed by atoms with van der Waals surface area (Å²) in [6.07, 6.45) is 8.43. The van der Waals surface area contributed by atoms with E-state index in [1.54, 1.807) is 0 Å². The summed E-state index contributed by atoms with van der Waals surface area (Å²) in [7, 11) is -3.68. The largest absolute Gasteiger partial charge is 0.356 e. The number of amides is 1. The first kappa shape index (κ1) is 21.7. The number of carbonyl (C=O) groups excluding carboxylic acids is 1. The Morgan fingerprint density at radius 3 is 2.31 bits per heavy atom. The lowest BCUT2D eigenvalue weighted by Gasteiger charge is -2.20. The van der Waals surface area contributed by atoms with Gasteiger partial charge in [-0.1, -0.05) is 32.1 Å². The molecule has 3 rings (SSSR count). The molecule has 1 heterocycles. The Hall–Kier alpha value is -2.00. The Morgan fingerprint density at radius 2 is 1.69 bits per heavy atom. The van der Waals surface area contributed by atoms with Crippen LogP contribution in [0.25, 0.3) is 0 Å². The molecule has 1 amide bonds. The second-order valence-electron chi connectivity index (χ2n) is 8.06. The van der Waals surface area contributed by atoms with Crippen LogP contribution in [0.15, 0.2) is 29.2 Å². The van der Waals surface area contributed by atoms with Gasteiger partial charge >= 0.3 is 0 Å². The highest BCUT2D eigenvalue weighted by molar-refractivity contribution is 7.89. The molecule has 9 heteroatoms. The molecule has 0 aromatic heterocycles. The van der Waals surface area contributed by atoms with Gasteiger partial charge in [-0.15, -0.1) is 0 Å². The molecule has 1 saturated carbocycles. The van der Waals surface area contributed by atoms with E-state index in [1.807, 2.05) is 0 Å². The number of carbonyl (C=O) groups is 1. The van der Waals surface area contributed by atoms with Crippen molar-refractivity contribution >= 4 is 21.6 Å². The minimum absolute atomic E-state index is 0.0577. The van der Waals surface area contributed by atoms with Crippen LogP contribution in [0, 0.1) is 22.0 Å². The number of nitrogens with zero attached hydrogens (tertiary/aromatic N) is 2. The van der Waals surface area contributed by atoms with Gasteiger partial charge in [0.15, 0.2) is 0 Å². The van der Waals surface area contributed by atoms with Gasteiger partial charge in [-0.2, -0.15) is 4.31 Å². The molecular weight excluding hydrogens is 394 g/mol. The number of nitro benzene ring substituents is 1. The molecule has 8 nitrogen and oxygen atoms in total. The lowest BCUT2D eigenvalue weighted by Crippen LogP contribution is -2.36. The number of nitro groups is 1. The van der Waals surface area contributed by atoms with Gasteiger partial charge in [0.05, 0.1) is 9.82 Å². The summed E-state index contributed by atoms with van der Waals surface area (Å²) < 4.78 is 27.0. The third-order valence-electron chi connectivity index (χ3n) is 5.97. The number of non-ortho nitro benzene ring substituents is 1. The molecule has 0 spiro atoms. The first-order valence-electron chi connectivity index (χ1n) is 10.4. The van der Waals surface area contributed by atoms with Gasteiger partial charge in [-0.25, -0.2) is 8.42 Å². The number of nitrogens with one attached hydrogen (secondary N) is 1. The quantitative estimate of drug-likeness (QED) is 0.558. The minimum atomic E-state index is -3.68. The van der Waals surface area contributed by atoms with Crippen molar-refractivity contribution in [2.24, 2.45) is 11.8 Å². The summed E-state index contributed by atoms with van der Waals surface area (Å²) in [5.74, 6) is 0.264. The van der Waals surface area contributed by atoms with E-state index in [-0.39, 0.29) is 28.3 Å². The van der Waals surface area contributed by atoms with E-state index in [0.717, 1.165) is 25.7 Å². The molecular formula is C20H29N3O5S. The van der Waals surface area contributed by atoms with Crippen molar-refractivity contribution in [1.29, 1.82) is 0 Å². The van der Waals surface area contributed by atoms with Gasteiger partial charge in [0, 0.05) is 37.7 Å². The fourth-order valence-corrected chi connectivity index (χ4v) is 5.71. The van der Waals surface area contributed by atoms with Crippen LogP contribution in [0.1, 0.15) is 51.4 Å². The molecule has 1 N–H and O–H groups in total. The van der Waals surface area contributed by atoms with E-state index in [0.29, 0.717) is 26.1 Å². The molecule has 1 aromatic carbocycles. The van der Waals surface area contributed by atoms with Gasteiger partial charge in [0.1, 0.15) is 0 Å². The molecule has 1 unspecified atom stereocenters. The van der Waals surface area contributed by atoms with Crippen LogP contribution in [-0.2, 0) is 14.8 Å². The number of sulfonamides is 1. The molecule has 1 aliphatic heterocycles. The summed E-state index contributed by atoms with van der Waals surface area (Å²) in [6.45, 7) is 1.23. The zero-order valence-electron chi connectivity index (χ0n) is 16.6. The van der Waals surface area contributed by atoms with E-state index < -0.39 is 14.9 Å². The summed E-state index contributed by atoms with van der Waals surface area (Å²) >= 11 is 0. The highest BCUT2D eigenvalue weighted by Gasteiger charge is 2.33. The highest BCUT2D eigenvalue weighted by atomic mass is 32.2. The van der Waals surface area contributed by atoms with Crippen molar-refractivity contribution in [3.05, 3.63) is 34.4 Å². The number of rotatable bonds is 6. The predicted molar refractivity (Wildman–Crippen MR) is 109 cm³/mol. The molecule has 1 atom stereocenters. The van der Waals surface area contributed by atoms with Crippen LogP contribution >= 0.6 is 0 Å². The van der Waals surface area contributed by atoms with E-state index in [4.69, 9.17) is 0 Å². The standard InChI is InChI=1S/C20H29N3O5S/c24-20(17-6-4-2-1-3-5-7-17)21-14-16-12-13-22(15-16)29(27,28)19-10-8-18(9-11-19)23(25)26/h8-11,16-17H,1-7,12-15H2,(H,21,24). The van der Waals surface area contributed by atoms with Crippen molar-refractivity contribution in [2.45, 2.75) is 56.3 Å². The Morgan fingerprint density at radius 1 is 1.07 bits per heavy atom. The second-order valence-corrected chi connectivity index (χ2v) is 9.99. The summed E-state index contributed by atoms with van der Waals surface area (Å²) in [5.41, 5.74) is -0.139. The Kier molecular flexibility index (Phi) is 7.23. The zero-order chi connectivity index (χ0) is 20.9. The van der Waals surface area contributed by atoms with Crippen molar-refractivity contribution in [3.8, 4) is 0 Å². The van der Waals surface area contributed by atoms with Crippen molar-refractivity contribution in [3.63, 3.8) is 0 Å². The van der Waals surface area contributed by atoms with Gasteiger partial charge in [0.2, 0.25) is 15.9 Å². The first-order valence-corrected chi connectivity index (χ1v) is 11.8. The maximum absolute atomic E-state index is 12.8. The predicted octanol–water partition coefficient (Wildman–Crippen LogP) is 3.08. The second kappa shape index (κ2) is 9.67. The SMILES string of the molecule is O=C(NCC1CCN(S(=O)(=O)c2ccc([N+](=O)[O-])cc2)C1)C1CCCCCCC1. The fraction of sp³-hybridized carbons (Fsp3) is 0.650. The molecule has 1 saturated heterocycles. The van der Waals surface area contributed by atoms with Crippen LogP contribution in [0.2, 0.25) is 0 Å². The monoisotopic (exact) mass is 423 g/mol. The first-order chi connectivity index (χ1) is 13.9. The summed E-state index contributed by atoms with van der Waals surface area (Å²) in [6, 6.07) is 4.96. The highest BCUT2D eigenvalue weighted by Crippen LogP contribution is 2.26. The molecule has 0 bridgehead atoms. The normalized spacial score (nSPS) is 22.0. The van der Waals surface area contributed by atoms with Crippen LogP contribution in [0.5, 0.6) is 0 Å². The summed E-state index contributed by atoms with van der Waals surface area (Å²) in [4.78, 5) is 22.8. The summed E-state index contributed by atoms with van der Waals surface area (Å²) in [5, 5.41) is 13.8. The van der Waals surface area contributed by atoms with Gasteiger partial charge in [0.25, 0.3) is 5.69 Å². The number of hydrogen-bond donors (Lipinski definition) is 1. The Balaban J connectivity index is 1.52. The Labute approximate surface area is 171 Å². The van der Waals surface area contributed by atoms with Crippen LogP contribution in [0.4, 0.5) is 5.69 Å². The molecule has 160 valence electrons. The lowest BCUT2D eigenvalue weighted by molar-refractivity contribution is -0.384. The van der Waals surface area contributed by atoms with Crippen molar-refractivity contribution in [2.75, 3.05) is 19.6 Å². The number of benzene rings is 1. The van der Waals surface area contributed by atoms with E-state index >= 15 is 0 Å². The smallest absolute Gasteiger partial charge is 0.269 e. The minimum Gasteiger partial charge on any atom is -0.356 e. The van der Waals surface area contributed by atoms with E-state index in [9.17, 15) is 23.3 Å². The third kappa shape index (κ3) is 5.54. The molecule has 1 aromatic rings. The molecule has 2 aliphatic rings. The van der Waals surface area contributed by atoms with E-state index in [2.05, 4.69) is 5.32 Å². The van der Waals surface area contributed by atoms with Gasteiger partial charge in [-0.05, 0) is 37.3 Å². The molecule has 1 aliphatic carbocycles. The van der Waals surface area contributed by atoms with Crippen molar-refractivity contribution in [1.82, 2.24) is 9.62 Å². The molecule has 0 radical (unpaired) electrons. The molecule has 29 heavy (non-hydrogen) atoms. The lowest BCUT2D eigenvalue weighted by atomic mass is 9.90. The average Bonchev–Trinajstić information content (AvgIpc) is 3.16. The van der Waals surface area contributed by atoms with Crippen molar-refractivity contribution < 1.29 is 18.1 Å². The molecule has 2 fully saturated rings. The number of hydrogen-bond acceptors (Lipinski definition) is 5. The maximum Gasteiger partial charge on any atom is 0.269 e.